The van der Waals surface area contributed by atoms with Crippen LogP contribution >= 0.6 is 14.3 Å². The Kier molecular flexibility index (Phi) is 24.7. The summed E-state index contributed by atoms with van der Waals surface area (Å²) in [5.74, 6) is 0. The van der Waals surface area contributed by atoms with Crippen LogP contribution in [0.15, 0.2) is 109 Å². The van der Waals surface area contributed by atoms with Gasteiger partial charge in [-0.1, -0.05) is 120 Å². The highest BCUT2D eigenvalue weighted by atomic mass is 31.2. The lowest BCUT2D eigenvalue weighted by atomic mass is 10.0. The fourth-order valence-corrected chi connectivity index (χ4v) is 38.6. The van der Waals surface area contributed by atoms with Gasteiger partial charge in [-0.25, -0.2) is 0 Å². The van der Waals surface area contributed by atoms with E-state index in [1.807, 2.05) is 124 Å². The van der Waals surface area contributed by atoms with E-state index >= 15 is 4.57 Å². The Morgan fingerprint density at radius 2 is 0.544 bits per heavy atom. The lowest BCUT2D eigenvalue weighted by molar-refractivity contribution is 0.0759. The Balaban J connectivity index is 0.000000329. The van der Waals surface area contributed by atoms with Crippen molar-refractivity contribution in [3.8, 4) is 0 Å². The Morgan fingerprint density at radius 1 is 0.322 bits per heavy atom. The van der Waals surface area contributed by atoms with Crippen LogP contribution in [0.1, 0.15) is 108 Å². The largest absolute Gasteiger partial charge is 0.647 e. The molecule has 22 heteroatoms. The first-order chi connectivity index (χ1) is 41.0. The van der Waals surface area contributed by atoms with Gasteiger partial charge in [0.1, 0.15) is 0 Å². The highest BCUT2D eigenvalue weighted by molar-refractivity contribution is 8.01. The summed E-state index contributed by atoms with van der Waals surface area (Å²) in [5, 5.41) is 0.469. The molecule has 0 amide bonds. The highest BCUT2D eigenvalue weighted by Crippen LogP contribution is 2.54. The molecule has 6 aromatic carbocycles. The minimum Gasteiger partial charge on any atom is -0.417 e. The zero-order valence-electron chi connectivity index (χ0n) is 58.5. The van der Waals surface area contributed by atoms with Gasteiger partial charge in [0.05, 0.1) is 13.2 Å². The van der Waals surface area contributed by atoms with Crippen LogP contribution in [0, 0.1) is 69.2 Å². The minimum atomic E-state index is -4.30. The first-order valence-electron chi connectivity index (χ1n) is 30.7. The van der Waals surface area contributed by atoms with E-state index < -0.39 is 95.8 Å². The summed E-state index contributed by atoms with van der Waals surface area (Å²) < 4.78 is 76.0. The van der Waals surface area contributed by atoms with E-state index in [2.05, 4.69) is 98.2 Å². The van der Waals surface area contributed by atoms with Gasteiger partial charge < -0.3 is 38.6 Å². The van der Waals surface area contributed by atoms with Gasteiger partial charge in [-0.2, -0.15) is 0 Å². The van der Waals surface area contributed by atoms with Crippen molar-refractivity contribution < 1.29 is 57.7 Å². The van der Waals surface area contributed by atoms with Crippen LogP contribution in [0.5, 0.6) is 0 Å². The fraction of sp³-hybridized carbons (Fsp3) is 0.412. The van der Waals surface area contributed by atoms with Gasteiger partial charge in [0, 0.05) is 39.4 Å². The van der Waals surface area contributed by atoms with Gasteiger partial charge in [-0.05, 0) is 223 Å². The zero-order chi connectivity index (χ0) is 68.3. The van der Waals surface area contributed by atoms with Crippen LogP contribution in [-0.2, 0) is 51.8 Å². The number of hydrogen-bond donors (Lipinski definition) is 0. The predicted molar refractivity (Wildman–Crippen MR) is 387 cm³/mol. The highest BCUT2D eigenvalue weighted by Gasteiger charge is 2.54. The molecule has 0 fully saturated rings. The van der Waals surface area contributed by atoms with Crippen molar-refractivity contribution in [2.75, 3.05) is 0 Å². The molecule has 0 aliphatic carbocycles. The third-order valence-corrected chi connectivity index (χ3v) is 38.6. The van der Waals surface area contributed by atoms with Gasteiger partial charge in [0.25, 0.3) is 0 Å². The van der Waals surface area contributed by atoms with Gasteiger partial charge in [0.15, 0.2) is 41.6 Å². The molecule has 2 unspecified atom stereocenters. The van der Waals surface area contributed by atoms with Crippen molar-refractivity contribution in [1.82, 2.24) is 0 Å². The minimum absolute atomic E-state index is 0.152. The van der Waals surface area contributed by atoms with Crippen molar-refractivity contribution in [2.45, 2.75) is 187 Å². The van der Waals surface area contributed by atoms with Gasteiger partial charge >= 0.3 is 17.9 Å². The molecule has 0 heterocycles. The van der Waals surface area contributed by atoms with Gasteiger partial charge in [-0.3, -0.25) is 19.2 Å². The van der Waals surface area contributed by atoms with Crippen molar-refractivity contribution in [3.63, 3.8) is 0 Å². The van der Waals surface area contributed by atoms with E-state index in [4.69, 9.17) is 29.4 Å². The van der Waals surface area contributed by atoms with Crippen LogP contribution in [0.3, 0.4) is 0 Å². The number of hydrogen-bond acceptors (Lipinski definition) is 13. The number of rotatable bonds is 26. The lowest BCUT2D eigenvalue weighted by Gasteiger charge is -2.40. The smallest absolute Gasteiger partial charge is 0.417 e. The Bertz CT molecular complexity index is 3600. The molecule has 0 aliphatic rings. The molecule has 13 nitrogen and oxygen atoms in total. The lowest BCUT2D eigenvalue weighted by Crippen LogP contribution is -2.62. The summed E-state index contributed by atoms with van der Waals surface area (Å²) in [6.07, 6.45) is 0. The standard InChI is InChI=1S/C35H53O7PSi4.C33H47O6PSi3/c1-25-20-26(2)32(27(3)21-25)34(36)43(38,31-18-16-15-17-19-31)35(37)33-28(4)22-30(23-29(33)5)24-39-47(40-44(6,7)8,41-45(9,10)11)42-46(12,13)14;1-23-18-24(2)30(25(3)19-23)32(34)40(36,29-16-14-13-15-17-29)33(35)31-26(4)20-28(21-27(31)5)22-37-43(12,38-41(6,7)8)39-42(9,10)11/h15-23H,24H2,1-14H3;13-21H,22H2,1-12H3. The summed E-state index contributed by atoms with van der Waals surface area (Å²) in [6.45, 7) is 52.4. The summed E-state index contributed by atoms with van der Waals surface area (Å²) >= 11 is 0. The fourth-order valence-electron chi connectivity index (χ4n) is 11.4. The summed E-state index contributed by atoms with van der Waals surface area (Å²) in [4.78, 5) is 57.6. The van der Waals surface area contributed by atoms with Crippen LogP contribution < -0.4 is 10.6 Å². The van der Waals surface area contributed by atoms with E-state index in [0.29, 0.717) is 61.2 Å². The zero-order valence-corrected chi connectivity index (χ0v) is 67.3. The molecule has 90 heavy (non-hydrogen) atoms. The van der Waals surface area contributed by atoms with E-state index in [9.17, 15) is 23.7 Å². The molecule has 0 aliphatic heterocycles. The van der Waals surface area contributed by atoms with E-state index in [0.717, 1.165) is 22.3 Å². The molecule has 0 saturated carbocycles. The monoisotopic (exact) mass is 1380 g/mol. The molecular formula is C68H100O13P2Si7. The van der Waals surface area contributed by atoms with Gasteiger partial charge in [0.2, 0.25) is 36.4 Å². The molecule has 0 spiro atoms. The van der Waals surface area contributed by atoms with Crippen molar-refractivity contribution in [1.29, 1.82) is 0 Å². The quantitative estimate of drug-likeness (QED) is 0.0372. The molecular weight excluding hydrogens is 1280 g/mol. The Morgan fingerprint density at radius 3 is 0.778 bits per heavy atom. The average molecular weight is 1380 g/mol. The normalized spacial score (nSPS) is 14.1. The average Bonchev–Trinajstić information content (AvgIpc) is 0.761. The second-order valence-corrected chi connectivity index (χ2v) is 62.5. The number of benzene rings is 6. The van der Waals surface area contributed by atoms with E-state index in [-0.39, 0.29) is 29.4 Å². The third kappa shape index (κ3) is 19.9. The number of carbonyl (C=O) groups excluding carboxylic acids is 4. The second-order valence-electron chi connectivity index (χ2n) is 28.9. The van der Waals surface area contributed by atoms with Gasteiger partial charge in [-0.15, -0.1) is 0 Å². The molecule has 2 atom stereocenters. The number of carbonyl (C=O) groups is 4. The maximum atomic E-state index is 15.1. The molecule has 0 saturated heterocycles. The maximum Gasteiger partial charge on any atom is 0.647 e. The molecule has 0 bridgehead atoms. The molecule has 6 rings (SSSR count). The summed E-state index contributed by atoms with van der Waals surface area (Å²) in [6, 6.07) is 31.9. The molecule has 0 aromatic heterocycles. The van der Waals surface area contributed by atoms with Crippen LogP contribution in [0.4, 0.5) is 0 Å². The molecule has 0 N–H and O–H groups in total. The maximum absolute atomic E-state index is 15.1. The third-order valence-electron chi connectivity index (χ3n) is 14.0. The summed E-state index contributed by atoms with van der Waals surface area (Å²) in [7, 11) is -25.4. The van der Waals surface area contributed by atoms with Crippen LogP contribution in [0.2, 0.25) is 105 Å². The second kappa shape index (κ2) is 29.1. The van der Waals surface area contributed by atoms with Crippen molar-refractivity contribution in [2.24, 2.45) is 0 Å². The number of aryl methyl sites for hydroxylation is 10. The summed E-state index contributed by atoms with van der Waals surface area (Å²) in [5.41, 5.74) is 7.71. The van der Waals surface area contributed by atoms with Crippen LogP contribution in [-0.4, -0.2) is 81.5 Å². The molecule has 6 aromatic rings. The Labute approximate surface area is 546 Å². The topological polar surface area (TPSA) is 167 Å². The SMILES string of the molecule is Cc1cc(C)c(C(=O)P(=O)(C(=O)c2c(C)cc(CO[Si](C)(O[Si](C)(C)C)O[Si](C)(C)C)cc2C)c2ccccc2)c(C)c1.Cc1cc(C)c(C(=O)P(=O)(C(=O)c2c(C)cc(CO[Si](O[Si](C)(C)C)(O[Si](C)(C)C)O[Si](C)(C)C)cc2C)c2ccccc2)c(C)c1. The Hall–Kier alpha value is -4.30. The van der Waals surface area contributed by atoms with Crippen molar-refractivity contribution in [3.05, 3.63) is 198 Å². The first kappa shape index (κ1) is 76.4. The molecule has 488 valence electrons. The first-order valence-corrected chi connectivity index (χ1v) is 55.0. The van der Waals surface area contributed by atoms with E-state index in [1.165, 1.54) is 0 Å². The van der Waals surface area contributed by atoms with Crippen LogP contribution in [0.25, 0.3) is 0 Å². The van der Waals surface area contributed by atoms with E-state index in [1.54, 1.807) is 60.7 Å². The predicted octanol–water partition coefficient (Wildman–Crippen LogP) is 18.1. The van der Waals surface area contributed by atoms with Crippen molar-refractivity contribution >= 4 is 106 Å². The molecule has 0 radical (unpaired) electrons.